The molecule has 2 atom stereocenters. The first-order valence-corrected chi connectivity index (χ1v) is 9.50. The Morgan fingerprint density at radius 2 is 1.89 bits per heavy atom. The third-order valence-electron chi connectivity index (χ3n) is 4.40. The summed E-state index contributed by atoms with van der Waals surface area (Å²) >= 11 is 0. The molecule has 0 bridgehead atoms. The summed E-state index contributed by atoms with van der Waals surface area (Å²) in [7, 11) is 0. The van der Waals surface area contributed by atoms with Crippen molar-refractivity contribution in [2.24, 2.45) is 5.92 Å². The number of β-amino-alcohol motifs (C(OH)–C–C–N with tert-alkyl or cyclic N) is 1. The molecule has 0 spiro atoms. The van der Waals surface area contributed by atoms with Gasteiger partial charge in [-0.15, -0.1) is 0 Å². The molecule has 2 unspecified atom stereocenters. The number of likely N-dealkylation sites (tertiary alicyclic amines) is 1. The number of aliphatic hydroxyl groups is 1. The minimum absolute atomic E-state index is 0.123. The van der Waals surface area contributed by atoms with Crippen molar-refractivity contribution < 1.29 is 28.9 Å². The van der Waals surface area contributed by atoms with E-state index in [1.54, 1.807) is 38.1 Å². The number of nitrogens with zero attached hydrogens (tertiary/aromatic N) is 1. The van der Waals surface area contributed by atoms with Crippen molar-refractivity contribution in [3.05, 3.63) is 29.8 Å². The van der Waals surface area contributed by atoms with Gasteiger partial charge < -0.3 is 19.3 Å². The first kappa shape index (κ1) is 21.2. The van der Waals surface area contributed by atoms with Crippen LogP contribution in [0, 0.1) is 5.92 Å². The molecular formula is C20H29NO6. The van der Waals surface area contributed by atoms with E-state index in [-0.39, 0.29) is 24.5 Å². The number of hydrogen-bond acceptors (Lipinski definition) is 7. The average Bonchev–Trinajstić information content (AvgIpc) is 2.67. The quantitative estimate of drug-likeness (QED) is 0.656. The monoisotopic (exact) mass is 379 g/mol. The van der Waals surface area contributed by atoms with Crippen molar-refractivity contribution in [2.75, 3.05) is 39.5 Å². The number of benzene rings is 1. The number of hydrogen-bond donors (Lipinski definition) is 1. The molecule has 1 saturated heterocycles. The van der Waals surface area contributed by atoms with Crippen LogP contribution in [0.4, 0.5) is 0 Å². The van der Waals surface area contributed by atoms with Crippen LogP contribution in [0.3, 0.4) is 0 Å². The van der Waals surface area contributed by atoms with Crippen molar-refractivity contribution in [1.29, 1.82) is 0 Å². The normalized spacial score (nSPS) is 18.6. The van der Waals surface area contributed by atoms with Crippen molar-refractivity contribution >= 4 is 11.9 Å². The minimum Gasteiger partial charge on any atom is -0.491 e. The molecule has 0 saturated carbocycles. The van der Waals surface area contributed by atoms with Gasteiger partial charge in [0, 0.05) is 13.1 Å². The molecule has 7 nitrogen and oxygen atoms in total. The molecule has 0 amide bonds. The van der Waals surface area contributed by atoms with Crippen LogP contribution in [-0.4, -0.2) is 67.5 Å². The van der Waals surface area contributed by atoms with Crippen LogP contribution in [0.2, 0.25) is 0 Å². The summed E-state index contributed by atoms with van der Waals surface area (Å²) in [5.74, 6) is -0.0765. The van der Waals surface area contributed by atoms with Crippen LogP contribution in [-0.2, 0) is 14.3 Å². The van der Waals surface area contributed by atoms with Gasteiger partial charge in [0.05, 0.1) is 24.7 Å². The molecule has 0 aromatic heterocycles. The number of aliphatic hydroxyl groups excluding tert-OH is 1. The van der Waals surface area contributed by atoms with Crippen LogP contribution >= 0.6 is 0 Å². The fraction of sp³-hybridized carbons (Fsp3) is 0.600. The molecule has 1 heterocycles. The van der Waals surface area contributed by atoms with Gasteiger partial charge in [0.25, 0.3) is 0 Å². The van der Waals surface area contributed by atoms with Gasteiger partial charge in [-0.2, -0.15) is 0 Å². The molecule has 1 fully saturated rings. The Bertz CT molecular complexity index is 603. The highest BCUT2D eigenvalue weighted by Crippen LogP contribution is 2.18. The zero-order valence-corrected chi connectivity index (χ0v) is 16.1. The molecular weight excluding hydrogens is 350 g/mol. The number of rotatable bonds is 9. The largest absolute Gasteiger partial charge is 0.491 e. The summed E-state index contributed by atoms with van der Waals surface area (Å²) in [6.45, 7) is 6.31. The van der Waals surface area contributed by atoms with Crippen LogP contribution in [0.5, 0.6) is 5.75 Å². The van der Waals surface area contributed by atoms with Crippen LogP contribution < -0.4 is 4.74 Å². The SMILES string of the molecule is CCOC(=O)c1ccc(OCC(O)CN2CCCC(C(=O)OCC)C2)cc1. The maximum atomic E-state index is 11.9. The highest BCUT2D eigenvalue weighted by Gasteiger charge is 2.27. The Morgan fingerprint density at radius 3 is 2.56 bits per heavy atom. The molecule has 0 radical (unpaired) electrons. The van der Waals surface area contributed by atoms with Gasteiger partial charge in [-0.3, -0.25) is 9.69 Å². The van der Waals surface area contributed by atoms with Crippen LogP contribution in [0.15, 0.2) is 24.3 Å². The second kappa shape index (κ2) is 10.9. The number of piperidine rings is 1. The molecule has 7 heteroatoms. The lowest BCUT2D eigenvalue weighted by Gasteiger charge is -2.32. The summed E-state index contributed by atoms with van der Waals surface area (Å²) in [5, 5.41) is 10.2. The van der Waals surface area contributed by atoms with Gasteiger partial charge in [-0.1, -0.05) is 0 Å². The second-order valence-electron chi connectivity index (χ2n) is 6.56. The van der Waals surface area contributed by atoms with E-state index in [4.69, 9.17) is 14.2 Å². The molecule has 0 aliphatic carbocycles. The Balaban J connectivity index is 1.76. The lowest BCUT2D eigenvalue weighted by Crippen LogP contribution is -2.44. The molecule has 150 valence electrons. The van der Waals surface area contributed by atoms with Crippen molar-refractivity contribution in [3.8, 4) is 5.75 Å². The predicted octanol–water partition coefficient (Wildman–Crippen LogP) is 1.88. The summed E-state index contributed by atoms with van der Waals surface area (Å²) < 4.78 is 15.6. The van der Waals surface area contributed by atoms with Gasteiger partial charge in [-0.25, -0.2) is 4.79 Å². The first-order valence-electron chi connectivity index (χ1n) is 9.50. The average molecular weight is 379 g/mol. The Morgan fingerprint density at radius 1 is 1.19 bits per heavy atom. The summed E-state index contributed by atoms with van der Waals surface area (Å²) in [6.07, 6.45) is 1.07. The third-order valence-corrected chi connectivity index (χ3v) is 4.40. The highest BCUT2D eigenvalue weighted by atomic mass is 16.5. The number of esters is 2. The number of ether oxygens (including phenoxy) is 3. The first-order chi connectivity index (χ1) is 13.0. The molecule has 27 heavy (non-hydrogen) atoms. The minimum atomic E-state index is -0.671. The van der Waals surface area contributed by atoms with Gasteiger partial charge in [0.1, 0.15) is 18.5 Å². The lowest BCUT2D eigenvalue weighted by molar-refractivity contribution is -0.150. The van der Waals surface area contributed by atoms with Crippen molar-refractivity contribution in [1.82, 2.24) is 4.90 Å². The number of carbonyl (C=O) groups excluding carboxylic acids is 2. The van der Waals surface area contributed by atoms with Crippen LogP contribution in [0.1, 0.15) is 37.0 Å². The topological polar surface area (TPSA) is 85.3 Å². The molecule has 1 aromatic carbocycles. The molecule has 2 rings (SSSR count). The molecule has 1 N–H and O–H groups in total. The fourth-order valence-corrected chi connectivity index (χ4v) is 3.12. The van der Waals surface area contributed by atoms with E-state index in [1.165, 1.54) is 0 Å². The van der Waals surface area contributed by atoms with E-state index < -0.39 is 6.10 Å². The smallest absolute Gasteiger partial charge is 0.338 e. The van der Waals surface area contributed by atoms with E-state index >= 15 is 0 Å². The number of carbonyl (C=O) groups is 2. The zero-order chi connectivity index (χ0) is 19.6. The Hall–Kier alpha value is -2.12. The lowest BCUT2D eigenvalue weighted by atomic mass is 9.98. The van der Waals surface area contributed by atoms with Gasteiger partial charge in [-0.05, 0) is 57.5 Å². The standard InChI is InChI=1S/C20H29NO6/c1-3-25-19(23)15-7-9-18(10-8-15)27-14-17(22)13-21-11-5-6-16(12-21)20(24)26-4-2/h7-10,16-17,22H,3-6,11-14H2,1-2H3. The van der Waals surface area contributed by atoms with E-state index in [0.29, 0.717) is 37.6 Å². The van der Waals surface area contributed by atoms with E-state index in [9.17, 15) is 14.7 Å². The van der Waals surface area contributed by atoms with Gasteiger partial charge in [0.15, 0.2) is 0 Å². The molecule has 1 aliphatic heterocycles. The molecule has 1 aromatic rings. The maximum Gasteiger partial charge on any atom is 0.338 e. The van der Waals surface area contributed by atoms with Crippen molar-refractivity contribution in [2.45, 2.75) is 32.8 Å². The predicted molar refractivity (Wildman–Crippen MR) is 99.7 cm³/mol. The summed E-state index contributed by atoms with van der Waals surface area (Å²) in [5.41, 5.74) is 0.461. The fourth-order valence-electron chi connectivity index (χ4n) is 3.12. The van der Waals surface area contributed by atoms with Gasteiger partial charge >= 0.3 is 11.9 Å². The van der Waals surface area contributed by atoms with E-state index in [1.807, 2.05) is 0 Å². The maximum absolute atomic E-state index is 11.9. The van der Waals surface area contributed by atoms with E-state index in [2.05, 4.69) is 4.90 Å². The third kappa shape index (κ3) is 6.84. The van der Waals surface area contributed by atoms with E-state index in [0.717, 1.165) is 19.4 Å². The van der Waals surface area contributed by atoms with Crippen molar-refractivity contribution in [3.63, 3.8) is 0 Å². The summed E-state index contributed by atoms with van der Waals surface area (Å²) in [6, 6.07) is 6.62. The second-order valence-corrected chi connectivity index (χ2v) is 6.56. The van der Waals surface area contributed by atoms with Crippen LogP contribution in [0.25, 0.3) is 0 Å². The zero-order valence-electron chi connectivity index (χ0n) is 16.1. The van der Waals surface area contributed by atoms with Gasteiger partial charge in [0.2, 0.25) is 0 Å². The highest BCUT2D eigenvalue weighted by molar-refractivity contribution is 5.89. The molecule has 1 aliphatic rings. The Kier molecular flexibility index (Phi) is 8.54. The summed E-state index contributed by atoms with van der Waals surface area (Å²) in [4.78, 5) is 25.6. The Labute approximate surface area is 160 Å².